The molecule has 2 aromatic rings. The molecule has 0 unspecified atom stereocenters. The maximum Gasteiger partial charge on any atom is 0.318 e. The number of amides is 3. The molecule has 144 valence electrons. The molecule has 1 aliphatic heterocycles. The molecular formula is C18H24N6O3. The Morgan fingerprint density at radius 3 is 2.48 bits per heavy atom. The van der Waals surface area contributed by atoms with Crippen LogP contribution in [0.25, 0.3) is 11.4 Å². The second-order valence-electron chi connectivity index (χ2n) is 6.66. The summed E-state index contributed by atoms with van der Waals surface area (Å²) in [4.78, 5) is 31.0. The predicted octanol–water partition coefficient (Wildman–Crippen LogP) is 0.748. The molecule has 2 heterocycles. The van der Waals surface area contributed by atoms with Gasteiger partial charge in [0.15, 0.2) is 0 Å². The molecule has 0 atom stereocenters. The molecule has 27 heavy (non-hydrogen) atoms. The first kappa shape index (κ1) is 19.0. The third kappa shape index (κ3) is 5.60. The second kappa shape index (κ2) is 8.74. The highest BCUT2D eigenvalue weighted by atomic mass is 16.5. The van der Waals surface area contributed by atoms with Crippen molar-refractivity contribution in [2.24, 2.45) is 5.73 Å². The van der Waals surface area contributed by atoms with Crippen molar-refractivity contribution in [2.75, 3.05) is 32.7 Å². The lowest BCUT2D eigenvalue weighted by atomic mass is 10.1. The molecule has 3 N–H and O–H groups in total. The van der Waals surface area contributed by atoms with Crippen molar-refractivity contribution in [3.63, 3.8) is 0 Å². The number of rotatable bonds is 6. The lowest BCUT2D eigenvalue weighted by Gasteiger charge is -2.33. The van der Waals surface area contributed by atoms with Crippen molar-refractivity contribution in [1.82, 2.24) is 25.3 Å². The van der Waals surface area contributed by atoms with Crippen molar-refractivity contribution in [3.05, 3.63) is 35.7 Å². The van der Waals surface area contributed by atoms with Gasteiger partial charge in [0.1, 0.15) is 0 Å². The highest BCUT2D eigenvalue weighted by molar-refractivity contribution is 5.93. The molecule has 1 aromatic carbocycles. The minimum absolute atomic E-state index is 0.256. The number of carbonyl (C=O) groups is 2. The van der Waals surface area contributed by atoms with Crippen molar-refractivity contribution in [2.45, 2.75) is 19.9 Å². The minimum Gasteiger partial charge on any atom is -0.351 e. The van der Waals surface area contributed by atoms with Gasteiger partial charge in [0.05, 0.1) is 6.54 Å². The zero-order chi connectivity index (χ0) is 19.2. The minimum atomic E-state index is -0.811. The van der Waals surface area contributed by atoms with E-state index in [1.54, 1.807) is 0 Å². The molecule has 1 fully saturated rings. The van der Waals surface area contributed by atoms with Gasteiger partial charge in [-0.25, -0.2) is 4.79 Å². The summed E-state index contributed by atoms with van der Waals surface area (Å²) in [5.74, 6) is 0.850. The van der Waals surface area contributed by atoms with Gasteiger partial charge in [-0.15, -0.1) is 0 Å². The number of benzene rings is 1. The Labute approximate surface area is 157 Å². The maximum atomic E-state index is 11.5. The number of urea groups is 1. The number of carbonyl (C=O) groups excluding carboxylic acids is 2. The quantitative estimate of drug-likeness (QED) is 0.768. The molecule has 1 saturated heterocycles. The molecule has 3 amide bonds. The molecule has 0 saturated carbocycles. The fraction of sp³-hybridized carbons (Fsp3) is 0.444. The van der Waals surface area contributed by atoms with E-state index in [9.17, 15) is 9.59 Å². The van der Waals surface area contributed by atoms with Crippen LogP contribution in [0.3, 0.4) is 0 Å². The van der Waals surface area contributed by atoms with Gasteiger partial charge in [-0.2, -0.15) is 4.98 Å². The van der Waals surface area contributed by atoms with E-state index in [0.29, 0.717) is 24.8 Å². The van der Waals surface area contributed by atoms with Gasteiger partial charge in [-0.3, -0.25) is 15.0 Å². The van der Waals surface area contributed by atoms with Crippen LogP contribution in [0.5, 0.6) is 0 Å². The summed E-state index contributed by atoms with van der Waals surface area (Å²) in [5.41, 5.74) is 7.05. The van der Waals surface area contributed by atoms with Crippen LogP contribution < -0.4 is 11.1 Å². The first-order chi connectivity index (χ1) is 13.0. The third-order valence-electron chi connectivity index (χ3n) is 4.52. The number of nitrogens with one attached hydrogen (secondary N) is 1. The molecule has 3 rings (SSSR count). The highest BCUT2D eigenvalue weighted by Crippen LogP contribution is 2.17. The number of aryl methyl sites for hydroxylation is 1. The average molecular weight is 372 g/mol. The molecule has 9 heteroatoms. The molecule has 1 aromatic heterocycles. The van der Waals surface area contributed by atoms with Crippen molar-refractivity contribution in [3.8, 4) is 11.4 Å². The third-order valence-corrected chi connectivity index (χ3v) is 4.52. The Morgan fingerprint density at radius 2 is 1.81 bits per heavy atom. The van der Waals surface area contributed by atoms with Crippen LogP contribution >= 0.6 is 0 Å². The number of aromatic nitrogens is 2. The second-order valence-corrected chi connectivity index (χ2v) is 6.66. The summed E-state index contributed by atoms with van der Waals surface area (Å²) in [6.45, 7) is 6.61. The lowest BCUT2D eigenvalue weighted by Crippen LogP contribution is -2.47. The number of nitrogens with zero attached hydrogens (tertiary/aromatic N) is 4. The Balaban J connectivity index is 1.44. The van der Waals surface area contributed by atoms with E-state index in [1.165, 1.54) is 5.56 Å². The van der Waals surface area contributed by atoms with E-state index in [0.717, 1.165) is 31.7 Å². The van der Waals surface area contributed by atoms with Gasteiger partial charge in [0.25, 0.3) is 0 Å². The van der Waals surface area contributed by atoms with Crippen LogP contribution in [0, 0.1) is 6.92 Å². The molecule has 9 nitrogen and oxygen atoms in total. The lowest BCUT2D eigenvalue weighted by molar-refractivity contribution is -0.120. The van der Waals surface area contributed by atoms with E-state index in [-0.39, 0.29) is 12.3 Å². The molecular weight excluding hydrogens is 348 g/mol. The van der Waals surface area contributed by atoms with Crippen molar-refractivity contribution in [1.29, 1.82) is 0 Å². The number of imide groups is 1. The van der Waals surface area contributed by atoms with E-state index in [4.69, 9.17) is 10.3 Å². The van der Waals surface area contributed by atoms with E-state index < -0.39 is 6.03 Å². The van der Waals surface area contributed by atoms with Gasteiger partial charge in [0, 0.05) is 44.7 Å². The van der Waals surface area contributed by atoms with Crippen molar-refractivity contribution < 1.29 is 14.1 Å². The SMILES string of the molecule is Cc1ccc(-c2noc(CN3CCN(CCC(=O)NC(N)=O)CC3)n2)cc1. The standard InChI is InChI=1S/C18H24N6O3/c1-13-2-4-14(5-3-13)17-21-16(27-22-17)12-24-10-8-23(9-11-24)7-6-15(25)20-18(19)26/h2-5H,6-12H2,1H3,(H3,19,20,25,26). The van der Waals surface area contributed by atoms with Crippen molar-refractivity contribution >= 4 is 11.9 Å². The number of nitrogens with two attached hydrogens (primary N) is 1. The highest BCUT2D eigenvalue weighted by Gasteiger charge is 2.20. The largest absolute Gasteiger partial charge is 0.351 e. The van der Waals surface area contributed by atoms with Gasteiger partial charge in [-0.05, 0) is 6.92 Å². The number of hydrogen-bond acceptors (Lipinski definition) is 7. The Bertz CT molecular complexity index is 781. The fourth-order valence-corrected chi connectivity index (χ4v) is 2.96. The summed E-state index contributed by atoms with van der Waals surface area (Å²) < 4.78 is 5.38. The van der Waals surface area contributed by atoms with Gasteiger partial charge < -0.3 is 15.2 Å². The first-order valence-electron chi connectivity index (χ1n) is 8.93. The summed E-state index contributed by atoms with van der Waals surface area (Å²) in [5, 5.41) is 6.14. The number of hydrogen-bond donors (Lipinski definition) is 2. The maximum absolute atomic E-state index is 11.5. The Hall–Kier alpha value is -2.78. The Kier molecular flexibility index (Phi) is 6.15. The zero-order valence-corrected chi connectivity index (χ0v) is 15.4. The van der Waals surface area contributed by atoms with Crippen LogP contribution in [0.2, 0.25) is 0 Å². The van der Waals surface area contributed by atoms with E-state index in [2.05, 4.69) is 25.3 Å². The average Bonchev–Trinajstić information content (AvgIpc) is 3.10. The zero-order valence-electron chi connectivity index (χ0n) is 15.4. The van der Waals surface area contributed by atoms with Crippen LogP contribution in [0.15, 0.2) is 28.8 Å². The summed E-state index contributed by atoms with van der Waals surface area (Å²) in [7, 11) is 0. The van der Waals surface area contributed by atoms with E-state index in [1.807, 2.05) is 31.2 Å². The van der Waals surface area contributed by atoms with Crippen LogP contribution in [-0.2, 0) is 11.3 Å². The fourth-order valence-electron chi connectivity index (χ4n) is 2.96. The number of piperazine rings is 1. The summed E-state index contributed by atoms with van der Waals surface area (Å²) in [6, 6.07) is 7.20. The first-order valence-corrected chi connectivity index (χ1v) is 8.93. The summed E-state index contributed by atoms with van der Waals surface area (Å²) >= 11 is 0. The smallest absolute Gasteiger partial charge is 0.318 e. The molecule has 0 radical (unpaired) electrons. The van der Waals surface area contributed by atoms with Crippen LogP contribution in [0.1, 0.15) is 17.9 Å². The van der Waals surface area contributed by atoms with Gasteiger partial charge in [-0.1, -0.05) is 35.0 Å². The number of primary amides is 1. The molecule has 0 aliphatic carbocycles. The van der Waals surface area contributed by atoms with Crippen LogP contribution in [-0.4, -0.2) is 64.6 Å². The predicted molar refractivity (Wildman–Crippen MR) is 98.5 cm³/mol. The van der Waals surface area contributed by atoms with Gasteiger partial charge in [0.2, 0.25) is 17.6 Å². The summed E-state index contributed by atoms with van der Waals surface area (Å²) in [6.07, 6.45) is 0.256. The topological polar surface area (TPSA) is 118 Å². The van der Waals surface area contributed by atoms with E-state index >= 15 is 0 Å². The normalized spacial score (nSPS) is 15.6. The van der Waals surface area contributed by atoms with Crippen LogP contribution in [0.4, 0.5) is 4.79 Å². The Morgan fingerprint density at radius 1 is 1.15 bits per heavy atom. The molecule has 1 aliphatic rings. The molecule has 0 bridgehead atoms. The monoisotopic (exact) mass is 372 g/mol. The molecule has 0 spiro atoms. The van der Waals surface area contributed by atoms with Gasteiger partial charge >= 0.3 is 6.03 Å².